The minimum atomic E-state index is -0.0420. The minimum Gasteiger partial charge on any atom is -0.310 e. The third kappa shape index (κ3) is 4.19. The van der Waals surface area contributed by atoms with Gasteiger partial charge in [-0.15, -0.1) is 11.8 Å². The van der Waals surface area contributed by atoms with Crippen molar-refractivity contribution in [1.82, 2.24) is 9.78 Å². The molecular formula is C20H20BrN3OS. The van der Waals surface area contributed by atoms with Crippen LogP contribution in [-0.2, 0) is 11.8 Å². The summed E-state index contributed by atoms with van der Waals surface area (Å²) in [6, 6.07) is 16.1. The molecule has 0 aliphatic carbocycles. The highest BCUT2D eigenvalue weighted by molar-refractivity contribution is 9.10. The summed E-state index contributed by atoms with van der Waals surface area (Å²) in [6.45, 7) is 4.01. The van der Waals surface area contributed by atoms with Gasteiger partial charge in [-0.25, -0.2) is 0 Å². The second-order valence-corrected chi connectivity index (χ2v) is 7.97. The molecule has 1 N–H and O–H groups in total. The molecular weight excluding hydrogens is 410 g/mol. The standard InChI is InChI=1S/C20H20BrN3OS/c1-13-6-4-5-7-17(13)26-12-18(25)22-20-19(14(2)23-24(20)3)15-8-10-16(21)11-9-15/h4-11H,12H2,1-3H3,(H,22,25). The summed E-state index contributed by atoms with van der Waals surface area (Å²) < 4.78 is 2.74. The molecule has 0 atom stereocenters. The summed E-state index contributed by atoms with van der Waals surface area (Å²) in [7, 11) is 1.85. The normalized spacial score (nSPS) is 10.8. The van der Waals surface area contributed by atoms with Gasteiger partial charge in [0, 0.05) is 22.0 Å². The second-order valence-electron chi connectivity index (χ2n) is 6.04. The maximum Gasteiger partial charge on any atom is 0.235 e. The van der Waals surface area contributed by atoms with Crippen LogP contribution in [0.15, 0.2) is 57.9 Å². The Morgan fingerprint density at radius 1 is 1.15 bits per heavy atom. The number of carbonyl (C=O) groups is 1. The zero-order valence-electron chi connectivity index (χ0n) is 14.9. The number of carbonyl (C=O) groups excluding carboxylic acids is 1. The number of hydrogen-bond acceptors (Lipinski definition) is 3. The van der Waals surface area contributed by atoms with E-state index in [1.165, 1.54) is 5.56 Å². The smallest absolute Gasteiger partial charge is 0.235 e. The van der Waals surface area contributed by atoms with E-state index in [1.54, 1.807) is 16.4 Å². The van der Waals surface area contributed by atoms with Crippen LogP contribution < -0.4 is 5.32 Å². The van der Waals surface area contributed by atoms with Crippen LogP contribution in [0.4, 0.5) is 5.82 Å². The van der Waals surface area contributed by atoms with E-state index < -0.39 is 0 Å². The number of nitrogens with one attached hydrogen (secondary N) is 1. The van der Waals surface area contributed by atoms with Crippen molar-refractivity contribution >= 4 is 39.4 Å². The summed E-state index contributed by atoms with van der Waals surface area (Å²) in [5.74, 6) is 1.04. The Morgan fingerprint density at radius 2 is 1.85 bits per heavy atom. The molecule has 1 amide bonds. The minimum absolute atomic E-state index is 0.0420. The molecule has 4 nitrogen and oxygen atoms in total. The van der Waals surface area contributed by atoms with Crippen molar-refractivity contribution in [3.63, 3.8) is 0 Å². The monoisotopic (exact) mass is 429 g/mol. The summed E-state index contributed by atoms with van der Waals surface area (Å²) in [5, 5.41) is 7.51. The van der Waals surface area contributed by atoms with Crippen molar-refractivity contribution in [3.05, 3.63) is 64.3 Å². The summed E-state index contributed by atoms with van der Waals surface area (Å²) in [4.78, 5) is 13.6. The lowest BCUT2D eigenvalue weighted by Gasteiger charge is -2.10. The number of benzene rings is 2. The van der Waals surface area contributed by atoms with Crippen LogP contribution in [0.1, 0.15) is 11.3 Å². The molecule has 26 heavy (non-hydrogen) atoms. The third-order valence-corrected chi connectivity index (χ3v) is 5.77. The molecule has 0 saturated heterocycles. The molecule has 6 heteroatoms. The zero-order chi connectivity index (χ0) is 18.7. The van der Waals surface area contributed by atoms with Gasteiger partial charge in [-0.2, -0.15) is 5.10 Å². The molecule has 0 bridgehead atoms. The summed E-state index contributed by atoms with van der Waals surface area (Å²) in [5.41, 5.74) is 4.05. The average Bonchev–Trinajstić information content (AvgIpc) is 2.88. The van der Waals surface area contributed by atoms with Crippen LogP contribution in [0.2, 0.25) is 0 Å². The SMILES string of the molecule is Cc1ccccc1SCC(=O)Nc1c(-c2ccc(Br)cc2)c(C)nn1C. The highest BCUT2D eigenvalue weighted by atomic mass is 79.9. The lowest BCUT2D eigenvalue weighted by molar-refractivity contribution is -0.113. The predicted octanol–water partition coefficient (Wildman–Crippen LogP) is 5.20. The third-order valence-electron chi connectivity index (χ3n) is 4.07. The fraction of sp³-hybridized carbons (Fsp3) is 0.200. The van der Waals surface area contributed by atoms with Crippen molar-refractivity contribution < 1.29 is 4.79 Å². The van der Waals surface area contributed by atoms with Gasteiger partial charge in [0.15, 0.2) is 0 Å². The average molecular weight is 430 g/mol. The van der Waals surface area contributed by atoms with Gasteiger partial charge in [0.25, 0.3) is 0 Å². The van der Waals surface area contributed by atoms with E-state index in [0.29, 0.717) is 5.75 Å². The van der Waals surface area contributed by atoms with E-state index in [4.69, 9.17) is 0 Å². The lowest BCUT2D eigenvalue weighted by Crippen LogP contribution is -2.17. The van der Waals surface area contributed by atoms with E-state index in [2.05, 4.69) is 39.3 Å². The lowest BCUT2D eigenvalue weighted by atomic mass is 10.1. The first kappa shape index (κ1) is 18.7. The van der Waals surface area contributed by atoms with Gasteiger partial charge in [-0.05, 0) is 43.2 Å². The number of aromatic nitrogens is 2. The molecule has 0 aliphatic heterocycles. The molecule has 0 fully saturated rings. The number of anilines is 1. The highest BCUT2D eigenvalue weighted by Crippen LogP contribution is 2.32. The van der Waals surface area contributed by atoms with E-state index in [0.717, 1.165) is 32.0 Å². The number of halogens is 1. The zero-order valence-corrected chi connectivity index (χ0v) is 17.3. The molecule has 0 saturated carbocycles. The van der Waals surface area contributed by atoms with Gasteiger partial charge < -0.3 is 5.32 Å². The molecule has 134 valence electrons. The van der Waals surface area contributed by atoms with Gasteiger partial charge in [0.2, 0.25) is 5.91 Å². The molecule has 1 heterocycles. The summed E-state index contributed by atoms with van der Waals surface area (Å²) in [6.07, 6.45) is 0. The molecule has 3 rings (SSSR count). The highest BCUT2D eigenvalue weighted by Gasteiger charge is 2.17. The quantitative estimate of drug-likeness (QED) is 0.567. The number of amides is 1. The molecule has 2 aromatic carbocycles. The topological polar surface area (TPSA) is 46.9 Å². The number of aryl methyl sites for hydroxylation is 3. The van der Waals surface area contributed by atoms with Gasteiger partial charge in [-0.3, -0.25) is 9.48 Å². The number of rotatable bonds is 5. The largest absolute Gasteiger partial charge is 0.310 e. The molecule has 3 aromatic rings. The molecule has 0 unspecified atom stereocenters. The Labute approximate surface area is 166 Å². The van der Waals surface area contributed by atoms with E-state index in [9.17, 15) is 4.79 Å². The first-order valence-corrected chi connectivity index (χ1v) is 10.0. The fourth-order valence-electron chi connectivity index (χ4n) is 2.79. The summed E-state index contributed by atoms with van der Waals surface area (Å²) >= 11 is 5.00. The number of hydrogen-bond donors (Lipinski definition) is 1. The Hall–Kier alpha value is -2.05. The van der Waals surface area contributed by atoms with Crippen molar-refractivity contribution in [3.8, 4) is 11.1 Å². The Balaban J connectivity index is 1.78. The van der Waals surface area contributed by atoms with Crippen molar-refractivity contribution in [2.24, 2.45) is 7.05 Å². The van der Waals surface area contributed by atoms with Crippen LogP contribution in [0.3, 0.4) is 0 Å². The van der Waals surface area contributed by atoms with Crippen LogP contribution in [0, 0.1) is 13.8 Å². The van der Waals surface area contributed by atoms with Gasteiger partial charge in [-0.1, -0.05) is 46.3 Å². The van der Waals surface area contributed by atoms with Crippen LogP contribution in [0.5, 0.6) is 0 Å². The number of nitrogens with zero attached hydrogens (tertiary/aromatic N) is 2. The Bertz CT molecular complexity index is 935. The maximum atomic E-state index is 12.5. The van der Waals surface area contributed by atoms with Gasteiger partial charge in [0.05, 0.1) is 11.4 Å². The first-order chi connectivity index (χ1) is 12.5. The number of thioether (sulfide) groups is 1. The van der Waals surface area contributed by atoms with Crippen molar-refractivity contribution in [1.29, 1.82) is 0 Å². The van der Waals surface area contributed by atoms with E-state index >= 15 is 0 Å². The van der Waals surface area contributed by atoms with Crippen LogP contribution in [-0.4, -0.2) is 21.4 Å². The molecule has 0 spiro atoms. The molecule has 0 radical (unpaired) electrons. The Morgan fingerprint density at radius 3 is 2.54 bits per heavy atom. The van der Waals surface area contributed by atoms with Crippen molar-refractivity contribution in [2.45, 2.75) is 18.7 Å². The fourth-order valence-corrected chi connectivity index (χ4v) is 3.89. The second kappa shape index (κ2) is 8.10. The van der Waals surface area contributed by atoms with Gasteiger partial charge in [0.1, 0.15) is 5.82 Å². The molecule has 1 aromatic heterocycles. The van der Waals surface area contributed by atoms with Crippen molar-refractivity contribution in [2.75, 3.05) is 11.1 Å². The molecule has 0 aliphatic rings. The van der Waals surface area contributed by atoms with Crippen LogP contribution in [0.25, 0.3) is 11.1 Å². The van der Waals surface area contributed by atoms with E-state index in [-0.39, 0.29) is 5.91 Å². The first-order valence-electron chi connectivity index (χ1n) is 8.23. The van der Waals surface area contributed by atoms with Crippen LogP contribution >= 0.6 is 27.7 Å². The predicted molar refractivity (Wildman–Crippen MR) is 112 cm³/mol. The maximum absolute atomic E-state index is 12.5. The van der Waals surface area contributed by atoms with E-state index in [1.807, 2.05) is 56.4 Å². The Kier molecular flexibility index (Phi) is 5.84. The van der Waals surface area contributed by atoms with Gasteiger partial charge >= 0.3 is 0 Å².